The summed E-state index contributed by atoms with van der Waals surface area (Å²) in [4.78, 5) is 29.6. The quantitative estimate of drug-likeness (QED) is 0.859. The molecule has 0 aliphatic rings. The summed E-state index contributed by atoms with van der Waals surface area (Å²) < 4.78 is 5.19. The van der Waals surface area contributed by atoms with Gasteiger partial charge in [0.15, 0.2) is 6.10 Å². The van der Waals surface area contributed by atoms with Crippen LogP contribution in [0.15, 0.2) is 17.5 Å². The van der Waals surface area contributed by atoms with Crippen molar-refractivity contribution in [1.29, 1.82) is 0 Å². The number of thiazole rings is 1. The number of rotatable bonds is 5. The minimum atomic E-state index is -0.816. The first-order valence-corrected chi connectivity index (χ1v) is 8.22. The predicted molar refractivity (Wildman–Crippen MR) is 83.7 cm³/mol. The van der Waals surface area contributed by atoms with E-state index in [1.165, 1.54) is 11.3 Å². The number of likely N-dealkylation sites (N-methyl/N-ethyl adjacent to an activating group) is 1. The highest BCUT2D eigenvalue weighted by Gasteiger charge is 2.22. The van der Waals surface area contributed by atoms with Gasteiger partial charge in [0.05, 0.1) is 10.6 Å². The van der Waals surface area contributed by atoms with Crippen LogP contribution in [0.4, 0.5) is 0 Å². The summed E-state index contributed by atoms with van der Waals surface area (Å²) in [6.07, 6.45) is -0.816. The molecular weight excluding hydrogens is 308 g/mol. The van der Waals surface area contributed by atoms with Crippen LogP contribution in [0.25, 0.3) is 9.88 Å². The molecule has 112 valence electrons. The Balaban J connectivity index is 2.11. The van der Waals surface area contributed by atoms with Crippen molar-refractivity contribution in [1.82, 2.24) is 10.3 Å². The monoisotopic (exact) mass is 324 g/mol. The smallest absolute Gasteiger partial charge is 0.351 e. The minimum Gasteiger partial charge on any atom is -0.448 e. The first kappa shape index (κ1) is 15.7. The highest BCUT2D eigenvalue weighted by atomic mass is 32.1. The minimum absolute atomic E-state index is 0.300. The second-order valence-corrected chi connectivity index (χ2v) is 6.30. The Hall–Kier alpha value is -1.73. The number of ether oxygens (including phenoxy) is 1. The molecule has 0 aromatic carbocycles. The molecule has 0 saturated carbocycles. The van der Waals surface area contributed by atoms with Crippen molar-refractivity contribution in [3.63, 3.8) is 0 Å². The molecule has 1 amide bonds. The predicted octanol–water partition coefficient (Wildman–Crippen LogP) is 2.86. The number of esters is 1. The molecule has 2 aromatic rings. The third kappa shape index (κ3) is 3.68. The number of aryl methyl sites for hydroxylation is 1. The number of nitrogens with one attached hydrogen (secondary N) is 1. The number of thiophene rings is 1. The van der Waals surface area contributed by atoms with Gasteiger partial charge < -0.3 is 10.1 Å². The highest BCUT2D eigenvalue weighted by molar-refractivity contribution is 7.22. The van der Waals surface area contributed by atoms with Crippen molar-refractivity contribution in [2.75, 3.05) is 6.54 Å². The fraction of sp³-hybridized carbons (Fsp3) is 0.357. The van der Waals surface area contributed by atoms with Crippen molar-refractivity contribution >= 4 is 34.6 Å². The third-order valence-electron chi connectivity index (χ3n) is 2.72. The lowest BCUT2D eigenvalue weighted by Gasteiger charge is -2.11. The van der Waals surface area contributed by atoms with Crippen LogP contribution in [0.3, 0.4) is 0 Å². The second kappa shape index (κ2) is 6.82. The number of nitrogens with zero attached hydrogens (tertiary/aromatic N) is 1. The lowest BCUT2D eigenvalue weighted by atomic mass is 10.3. The zero-order valence-corrected chi connectivity index (χ0v) is 13.6. The number of hydrogen-bond acceptors (Lipinski definition) is 6. The van der Waals surface area contributed by atoms with E-state index >= 15 is 0 Å². The normalized spacial score (nSPS) is 12.0. The van der Waals surface area contributed by atoms with Gasteiger partial charge in [0, 0.05) is 6.54 Å². The van der Waals surface area contributed by atoms with Crippen LogP contribution < -0.4 is 5.32 Å². The molecule has 1 atom stereocenters. The molecule has 21 heavy (non-hydrogen) atoms. The summed E-state index contributed by atoms with van der Waals surface area (Å²) in [6, 6.07) is 3.89. The number of carbonyl (C=O) groups is 2. The van der Waals surface area contributed by atoms with Gasteiger partial charge in [-0.05, 0) is 32.2 Å². The Morgan fingerprint density at radius 3 is 2.86 bits per heavy atom. The summed E-state index contributed by atoms with van der Waals surface area (Å²) in [5, 5.41) is 5.37. The van der Waals surface area contributed by atoms with E-state index in [0.717, 1.165) is 9.88 Å². The summed E-state index contributed by atoms with van der Waals surface area (Å²) in [6.45, 7) is 5.64. The van der Waals surface area contributed by atoms with E-state index in [1.54, 1.807) is 25.2 Å². The van der Waals surface area contributed by atoms with Gasteiger partial charge in [0.2, 0.25) is 0 Å². The summed E-state index contributed by atoms with van der Waals surface area (Å²) >= 11 is 2.85. The van der Waals surface area contributed by atoms with Crippen LogP contribution in [0, 0.1) is 6.92 Å². The van der Waals surface area contributed by atoms with Crippen LogP contribution >= 0.6 is 22.7 Å². The van der Waals surface area contributed by atoms with Crippen LogP contribution in [0.1, 0.15) is 29.2 Å². The molecule has 7 heteroatoms. The Morgan fingerprint density at radius 2 is 2.24 bits per heavy atom. The Labute approximate surface area is 131 Å². The summed E-state index contributed by atoms with van der Waals surface area (Å²) in [7, 11) is 0. The Morgan fingerprint density at radius 1 is 1.48 bits per heavy atom. The first-order valence-electron chi connectivity index (χ1n) is 6.53. The number of amides is 1. The summed E-state index contributed by atoms with van der Waals surface area (Å²) in [5.41, 5.74) is 0.622. The Kier molecular flexibility index (Phi) is 5.08. The molecule has 0 bridgehead atoms. The van der Waals surface area contributed by atoms with E-state index in [-0.39, 0.29) is 5.91 Å². The van der Waals surface area contributed by atoms with Gasteiger partial charge in [-0.3, -0.25) is 4.79 Å². The molecule has 1 unspecified atom stereocenters. The van der Waals surface area contributed by atoms with Crippen LogP contribution in [0.5, 0.6) is 0 Å². The zero-order chi connectivity index (χ0) is 15.4. The van der Waals surface area contributed by atoms with Gasteiger partial charge in [-0.2, -0.15) is 0 Å². The fourth-order valence-electron chi connectivity index (χ4n) is 1.68. The SMILES string of the molecule is CCNC(=O)C(C)OC(=O)c1sc(-c2cccs2)nc1C. The summed E-state index contributed by atoms with van der Waals surface area (Å²) in [5.74, 6) is -0.807. The van der Waals surface area contributed by atoms with E-state index in [2.05, 4.69) is 10.3 Å². The van der Waals surface area contributed by atoms with Gasteiger partial charge >= 0.3 is 5.97 Å². The Bertz CT molecular complexity index is 635. The van der Waals surface area contributed by atoms with E-state index < -0.39 is 12.1 Å². The molecule has 5 nitrogen and oxygen atoms in total. The topological polar surface area (TPSA) is 68.3 Å². The maximum absolute atomic E-state index is 12.1. The molecule has 2 rings (SSSR count). The largest absolute Gasteiger partial charge is 0.448 e. The highest BCUT2D eigenvalue weighted by Crippen LogP contribution is 2.31. The van der Waals surface area contributed by atoms with Crippen molar-refractivity contribution in [3.05, 3.63) is 28.1 Å². The average Bonchev–Trinajstić information content (AvgIpc) is 3.07. The number of carbonyl (C=O) groups excluding carboxylic acids is 2. The second-order valence-electron chi connectivity index (χ2n) is 4.35. The van der Waals surface area contributed by atoms with Gasteiger partial charge in [-0.1, -0.05) is 6.07 Å². The number of hydrogen-bond donors (Lipinski definition) is 1. The van der Waals surface area contributed by atoms with Crippen molar-refractivity contribution < 1.29 is 14.3 Å². The van der Waals surface area contributed by atoms with Gasteiger partial charge in [0.25, 0.3) is 5.91 Å². The molecule has 2 aromatic heterocycles. The van der Waals surface area contributed by atoms with Crippen molar-refractivity contribution in [2.24, 2.45) is 0 Å². The van der Waals surface area contributed by atoms with Crippen LogP contribution in [-0.2, 0) is 9.53 Å². The fourth-order valence-corrected chi connectivity index (χ4v) is 3.42. The molecule has 0 radical (unpaired) electrons. The van der Waals surface area contributed by atoms with E-state index in [4.69, 9.17) is 4.74 Å². The lowest BCUT2D eigenvalue weighted by molar-refractivity contribution is -0.128. The van der Waals surface area contributed by atoms with Crippen LogP contribution in [0.2, 0.25) is 0 Å². The standard InChI is InChI=1S/C14H16N2O3S2/c1-4-15-12(17)9(3)19-14(18)11-8(2)16-13(21-11)10-6-5-7-20-10/h5-7,9H,4H2,1-3H3,(H,15,17). The van der Waals surface area contributed by atoms with E-state index in [1.807, 2.05) is 24.4 Å². The number of aromatic nitrogens is 1. The molecule has 2 heterocycles. The van der Waals surface area contributed by atoms with Gasteiger partial charge in [-0.15, -0.1) is 22.7 Å². The van der Waals surface area contributed by atoms with Gasteiger partial charge in [0.1, 0.15) is 9.88 Å². The molecule has 0 spiro atoms. The third-order valence-corrected chi connectivity index (χ3v) is 4.89. The molecule has 1 N–H and O–H groups in total. The maximum Gasteiger partial charge on any atom is 0.351 e. The molecule has 0 fully saturated rings. The zero-order valence-electron chi connectivity index (χ0n) is 12.0. The molecule has 0 aliphatic carbocycles. The average molecular weight is 324 g/mol. The molecule has 0 saturated heterocycles. The van der Waals surface area contributed by atoms with Gasteiger partial charge in [-0.25, -0.2) is 9.78 Å². The van der Waals surface area contributed by atoms with E-state index in [0.29, 0.717) is 17.1 Å². The molecule has 0 aliphatic heterocycles. The lowest BCUT2D eigenvalue weighted by Crippen LogP contribution is -2.35. The van der Waals surface area contributed by atoms with E-state index in [9.17, 15) is 9.59 Å². The van der Waals surface area contributed by atoms with Crippen molar-refractivity contribution in [2.45, 2.75) is 26.9 Å². The maximum atomic E-state index is 12.1. The van der Waals surface area contributed by atoms with Crippen LogP contribution in [-0.4, -0.2) is 29.5 Å². The first-order chi connectivity index (χ1) is 10.0. The van der Waals surface area contributed by atoms with Crippen molar-refractivity contribution in [3.8, 4) is 9.88 Å². The molecular formula is C14H16N2O3S2.